The Morgan fingerprint density at radius 3 is 2.83 bits per heavy atom. The number of aromatic nitrogens is 4. The van der Waals surface area contributed by atoms with Crippen LogP contribution in [0.25, 0.3) is 22.3 Å². The number of nitrogens with two attached hydrogens (primary N) is 1. The molecule has 154 valence electrons. The Labute approximate surface area is 180 Å². The minimum Gasteiger partial charge on any atom is -0.368 e. The molecule has 4 rings (SSSR count). The fraction of sp³-hybridized carbons (Fsp3) is 0.190. The van der Waals surface area contributed by atoms with Gasteiger partial charge >= 0.3 is 0 Å². The summed E-state index contributed by atoms with van der Waals surface area (Å²) in [5.74, 6) is -0.307. The van der Waals surface area contributed by atoms with Crippen LogP contribution in [0.5, 0.6) is 0 Å². The number of ether oxygens (including phenoxy) is 2. The lowest BCUT2D eigenvalue weighted by Gasteiger charge is -2.30. The van der Waals surface area contributed by atoms with Crippen LogP contribution in [0.2, 0.25) is 0 Å². The molecule has 0 saturated heterocycles. The number of halogens is 2. The van der Waals surface area contributed by atoms with Crippen molar-refractivity contribution in [3.05, 3.63) is 70.3 Å². The summed E-state index contributed by atoms with van der Waals surface area (Å²) in [7, 11) is 1.52. The van der Waals surface area contributed by atoms with Crippen molar-refractivity contribution in [1.29, 1.82) is 0 Å². The number of fused-ring (bicyclic) bond motifs is 1. The first-order valence-corrected chi connectivity index (χ1v) is 9.87. The first kappa shape index (κ1) is 20.4. The predicted molar refractivity (Wildman–Crippen MR) is 115 cm³/mol. The van der Waals surface area contributed by atoms with Gasteiger partial charge in [0, 0.05) is 34.9 Å². The third-order valence-electron chi connectivity index (χ3n) is 4.85. The molecule has 3 aromatic heterocycles. The highest BCUT2D eigenvalue weighted by Crippen LogP contribution is 2.36. The van der Waals surface area contributed by atoms with E-state index in [4.69, 9.17) is 15.2 Å². The van der Waals surface area contributed by atoms with Crippen LogP contribution in [0.15, 0.2) is 53.3 Å². The van der Waals surface area contributed by atoms with Crippen LogP contribution in [-0.4, -0.2) is 33.8 Å². The lowest BCUT2D eigenvalue weighted by molar-refractivity contribution is -0.109. The molecule has 3 heterocycles. The number of benzene rings is 1. The molecule has 0 unspecified atom stereocenters. The monoisotopic (exact) mass is 471 g/mol. The second-order valence-electron chi connectivity index (χ2n) is 6.84. The number of nitrogens with zero attached hydrogens (tertiary/aromatic N) is 3. The predicted octanol–water partition coefficient (Wildman–Crippen LogP) is 4.39. The highest BCUT2D eigenvalue weighted by atomic mass is 79.9. The maximum absolute atomic E-state index is 14.0. The Hall–Kier alpha value is -2.88. The van der Waals surface area contributed by atoms with Gasteiger partial charge in [0.1, 0.15) is 23.9 Å². The number of nitrogens with one attached hydrogen (secondary N) is 1. The van der Waals surface area contributed by atoms with Crippen molar-refractivity contribution in [2.75, 3.05) is 19.6 Å². The molecule has 0 amide bonds. The van der Waals surface area contributed by atoms with E-state index in [0.29, 0.717) is 17.0 Å². The van der Waals surface area contributed by atoms with Crippen LogP contribution in [0.4, 0.5) is 10.3 Å². The molecule has 9 heteroatoms. The summed E-state index contributed by atoms with van der Waals surface area (Å²) in [5.41, 5.74) is 8.11. The fourth-order valence-corrected chi connectivity index (χ4v) is 3.64. The number of rotatable bonds is 6. The van der Waals surface area contributed by atoms with Gasteiger partial charge in [-0.3, -0.25) is 0 Å². The minimum absolute atomic E-state index is 0.0177. The maximum Gasteiger partial charge on any atom is 0.220 e. The SMILES string of the molecule is COCO[C@](C)(c1cccc(F)c1)c1cc(-c2c[nH]c3ncc(Br)cc23)nc(N)n1. The number of hydrogen-bond donors (Lipinski definition) is 2. The maximum atomic E-state index is 14.0. The zero-order valence-electron chi connectivity index (χ0n) is 16.3. The number of H-pyrrole nitrogens is 1. The standard InChI is InChI=1S/C21H19BrFN5O2/c1-21(30-11-29-2,12-4-3-5-14(23)6-12)18-8-17(27-20(24)28-18)16-10-26-19-15(16)7-13(22)9-25-19/h3-10H,11H2,1-2H3,(H,25,26)(H2,24,27,28)/t21-/m1/s1. The molecule has 0 spiro atoms. The van der Waals surface area contributed by atoms with Crippen molar-refractivity contribution in [2.24, 2.45) is 0 Å². The molecular weight excluding hydrogens is 453 g/mol. The summed E-state index contributed by atoms with van der Waals surface area (Å²) >= 11 is 3.45. The molecule has 0 saturated carbocycles. The molecule has 3 N–H and O–H groups in total. The van der Waals surface area contributed by atoms with Crippen LogP contribution in [-0.2, 0) is 15.1 Å². The highest BCUT2D eigenvalue weighted by Gasteiger charge is 2.33. The van der Waals surface area contributed by atoms with E-state index in [2.05, 4.69) is 35.9 Å². The van der Waals surface area contributed by atoms with Crippen molar-refractivity contribution in [3.8, 4) is 11.3 Å². The first-order chi connectivity index (χ1) is 14.4. The Bertz CT molecular complexity index is 1220. The van der Waals surface area contributed by atoms with Crippen LogP contribution >= 0.6 is 15.9 Å². The Morgan fingerprint density at radius 2 is 2.07 bits per heavy atom. The van der Waals surface area contributed by atoms with Crippen LogP contribution in [0.1, 0.15) is 18.2 Å². The average molecular weight is 472 g/mol. The first-order valence-electron chi connectivity index (χ1n) is 9.07. The molecule has 4 aromatic rings. The van der Waals surface area contributed by atoms with E-state index in [1.54, 1.807) is 31.3 Å². The van der Waals surface area contributed by atoms with Gasteiger partial charge in [0.05, 0.1) is 11.4 Å². The van der Waals surface area contributed by atoms with Gasteiger partial charge in [-0.2, -0.15) is 0 Å². The molecule has 0 bridgehead atoms. The average Bonchev–Trinajstić information content (AvgIpc) is 3.14. The summed E-state index contributed by atoms with van der Waals surface area (Å²) in [4.78, 5) is 16.3. The summed E-state index contributed by atoms with van der Waals surface area (Å²) in [6.07, 6.45) is 3.52. The molecule has 1 aromatic carbocycles. The third kappa shape index (κ3) is 3.79. The van der Waals surface area contributed by atoms with Crippen molar-refractivity contribution in [3.63, 3.8) is 0 Å². The van der Waals surface area contributed by atoms with E-state index >= 15 is 0 Å². The lowest BCUT2D eigenvalue weighted by Crippen LogP contribution is -2.30. The van der Waals surface area contributed by atoms with E-state index in [9.17, 15) is 4.39 Å². The van der Waals surface area contributed by atoms with Gasteiger partial charge in [-0.15, -0.1) is 0 Å². The van der Waals surface area contributed by atoms with Gasteiger partial charge in [-0.1, -0.05) is 12.1 Å². The fourth-order valence-electron chi connectivity index (χ4n) is 3.31. The number of methoxy groups -OCH3 is 1. The number of anilines is 1. The molecule has 0 aliphatic rings. The molecule has 0 fully saturated rings. The lowest BCUT2D eigenvalue weighted by atomic mass is 9.91. The van der Waals surface area contributed by atoms with E-state index < -0.39 is 5.60 Å². The van der Waals surface area contributed by atoms with Crippen LogP contribution < -0.4 is 5.73 Å². The van der Waals surface area contributed by atoms with E-state index in [-0.39, 0.29) is 18.6 Å². The van der Waals surface area contributed by atoms with Crippen molar-refractivity contribution in [1.82, 2.24) is 19.9 Å². The van der Waals surface area contributed by atoms with Gasteiger partial charge in [0.2, 0.25) is 5.95 Å². The number of nitrogen functional groups attached to an aromatic ring is 1. The summed E-state index contributed by atoms with van der Waals surface area (Å²) in [6, 6.07) is 9.88. The largest absolute Gasteiger partial charge is 0.368 e. The molecule has 0 radical (unpaired) electrons. The second kappa shape index (κ2) is 8.10. The van der Waals surface area contributed by atoms with E-state index in [1.807, 2.05) is 12.3 Å². The van der Waals surface area contributed by atoms with E-state index in [0.717, 1.165) is 21.1 Å². The van der Waals surface area contributed by atoms with Gasteiger partial charge in [0.25, 0.3) is 0 Å². The quantitative estimate of drug-likeness (QED) is 0.404. The Morgan fingerprint density at radius 1 is 1.23 bits per heavy atom. The van der Waals surface area contributed by atoms with Gasteiger partial charge in [0.15, 0.2) is 0 Å². The van der Waals surface area contributed by atoms with Crippen molar-refractivity contribution < 1.29 is 13.9 Å². The molecular formula is C21H19BrFN5O2. The Kier molecular flexibility index (Phi) is 5.50. The van der Waals surface area contributed by atoms with Gasteiger partial charge < -0.3 is 20.2 Å². The Balaban J connectivity index is 1.89. The number of aromatic amines is 1. The van der Waals surface area contributed by atoms with Gasteiger partial charge in [-0.05, 0) is 52.7 Å². The topological polar surface area (TPSA) is 98.9 Å². The van der Waals surface area contributed by atoms with Crippen molar-refractivity contribution in [2.45, 2.75) is 12.5 Å². The normalized spacial score (nSPS) is 13.5. The molecule has 0 aliphatic heterocycles. The van der Waals surface area contributed by atoms with E-state index in [1.165, 1.54) is 19.2 Å². The summed E-state index contributed by atoms with van der Waals surface area (Å²) in [6.45, 7) is 1.77. The number of pyridine rings is 1. The number of hydrogen-bond acceptors (Lipinski definition) is 6. The third-order valence-corrected chi connectivity index (χ3v) is 5.28. The zero-order chi connectivity index (χ0) is 21.3. The van der Waals surface area contributed by atoms with Crippen molar-refractivity contribution >= 4 is 32.9 Å². The molecule has 0 aliphatic carbocycles. The molecule has 7 nitrogen and oxygen atoms in total. The zero-order valence-corrected chi connectivity index (χ0v) is 17.9. The summed E-state index contributed by atoms with van der Waals surface area (Å²) < 4.78 is 25.9. The smallest absolute Gasteiger partial charge is 0.220 e. The second-order valence-corrected chi connectivity index (χ2v) is 7.76. The minimum atomic E-state index is -1.12. The highest BCUT2D eigenvalue weighted by molar-refractivity contribution is 9.10. The van der Waals surface area contributed by atoms with Crippen LogP contribution in [0, 0.1) is 5.82 Å². The summed E-state index contributed by atoms with van der Waals surface area (Å²) in [5, 5.41) is 0.874. The van der Waals surface area contributed by atoms with Crippen LogP contribution in [0.3, 0.4) is 0 Å². The van der Waals surface area contributed by atoms with Gasteiger partial charge in [-0.25, -0.2) is 19.3 Å². The molecule has 30 heavy (non-hydrogen) atoms. The molecule has 1 atom stereocenters.